The van der Waals surface area contributed by atoms with E-state index in [2.05, 4.69) is 20.8 Å². The maximum atomic E-state index is 5.81. The highest BCUT2D eigenvalue weighted by Gasteiger charge is 2.17. The highest BCUT2D eigenvalue weighted by atomic mass is 28.3. The summed E-state index contributed by atoms with van der Waals surface area (Å²) in [4.78, 5) is 0. The largest absolute Gasteiger partial charge is 0.397 e. The van der Waals surface area contributed by atoms with Crippen LogP contribution in [-0.2, 0) is 8.85 Å². The Morgan fingerprint density at radius 3 is 2.29 bits per heavy atom. The summed E-state index contributed by atoms with van der Waals surface area (Å²) >= 11 is 0. The summed E-state index contributed by atoms with van der Waals surface area (Å²) in [5.74, 6) is 0. The Labute approximate surface area is 89.8 Å². The van der Waals surface area contributed by atoms with E-state index in [0.29, 0.717) is 0 Å². The molecule has 0 amide bonds. The zero-order valence-corrected chi connectivity index (χ0v) is 11.2. The molecule has 0 heterocycles. The molecule has 0 aromatic heterocycles. The van der Waals surface area contributed by atoms with Crippen LogP contribution in [-0.4, -0.2) is 29.0 Å². The molecule has 0 aliphatic heterocycles. The Bertz CT molecular complexity index is 137. The van der Waals surface area contributed by atoms with Crippen LogP contribution < -0.4 is 5.73 Å². The van der Waals surface area contributed by atoms with Crippen LogP contribution in [0.15, 0.2) is 0 Å². The molecule has 0 aromatic carbocycles. The van der Waals surface area contributed by atoms with Crippen LogP contribution in [0.2, 0.25) is 6.04 Å². The lowest BCUT2D eigenvalue weighted by Crippen LogP contribution is -2.28. The third kappa shape index (κ3) is 8.68. The van der Waals surface area contributed by atoms with E-state index in [1.54, 1.807) is 0 Å². The van der Waals surface area contributed by atoms with Crippen LogP contribution in [0.1, 0.15) is 34.1 Å². The van der Waals surface area contributed by atoms with Gasteiger partial charge < -0.3 is 14.6 Å². The molecule has 1 atom stereocenters. The topological polar surface area (TPSA) is 44.5 Å². The molecule has 0 saturated carbocycles. The first-order valence-electron chi connectivity index (χ1n) is 5.43. The second kappa shape index (κ2) is 7.40. The van der Waals surface area contributed by atoms with Crippen molar-refractivity contribution >= 4 is 9.28 Å². The molecular weight excluding hydrogens is 194 g/mol. The third-order valence-corrected chi connectivity index (χ3v) is 3.82. The van der Waals surface area contributed by atoms with Crippen LogP contribution in [0.4, 0.5) is 0 Å². The number of nitrogens with two attached hydrogens (primary N) is 1. The molecule has 4 heteroatoms. The van der Waals surface area contributed by atoms with E-state index in [-0.39, 0.29) is 5.41 Å². The number of rotatable bonds is 7. The van der Waals surface area contributed by atoms with Gasteiger partial charge in [-0.2, -0.15) is 0 Å². The monoisotopic (exact) mass is 219 g/mol. The van der Waals surface area contributed by atoms with Crippen LogP contribution >= 0.6 is 0 Å². The molecular formula is C10H25NO2Si. The lowest BCUT2D eigenvalue weighted by Gasteiger charge is -2.22. The molecule has 0 saturated heterocycles. The SMILES string of the molecule is CCO[SiH](CCCN)OCC(C)(C)C. The molecule has 0 bridgehead atoms. The molecule has 0 aromatic rings. The smallest absolute Gasteiger partial charge is 0.321 e. The summed E-state index contributed by atoms with van der Waals surface area (Å²) in [5, 5.41) is 0. The van der Waals surface area contributed by atoms with Crippen molar-refractivity contribution in [3.8, 4) is 0 Å². The van der Waals surface area contributed by atoms with Crippen LogP contribution in [0.25, 0.3) is 0 Å². The standard InChI is InChI=1S/C10H25NO2Si/c1-5-12-14(8-6-7-11)13-9-10(2,3)4/h14H,5-9,11H2,1-4H3. The minimum atomic E-state index is -1.43. The highest BCUT2D eigenvalue weighted by Crippen LogP contribution is 2.14. The predicted molar refractivity (Wildman–Crippen MR) is 62.7 cm³/mol. The molecule has 0 spiro atoms. The molecule has 1 unspecified atom stereocenters. The van der Waals surface area contributed by atoms with Gasteiger partial charge in [0.05, 0.1) is 0 Å². The Balaban J connectivity index is 3.72. The number of hydrogen-bond donors (Lipinski definition) is 1. The van der Waals surface area contributed by atoms with Crippen molar-refractivity contribution in [3.63, 3.8) is 0 Å². The average Bonchev–Trinajstić information content (AvgIpc) is 2.08. The van der Waals surface area contributed by atoms with Gasteiger partial charge in [0.1, 0.15) is 0 Å². The molecule has 0 aliphatic rings. The zero-order valence-electron chi connectivity index (χ0n) is 10.0. The fourth-order valence-electron chi connectivity index (χ4n) is 1.03. The van der Waals surface area contributed by atoms with Crippen molar-refractivity contribution in [2.75, 3.05) is 19.8 Å². The van der Waals surface area contributed by atoms with Gasteiger partial charge in [-0.05, 0) is 31.3 Å². The Kier molecular flexibility index (Phi) is 7.45. The van der Waals surface area contributed by atoms with Crippen LogP contribution in [0.3, 0.4) is 0 Å². The van der Waals surface area contributed by atoms with Gasteiger partial charge in [-0.25, -0.2) is 0 Å². The first-order valence-corrected chi connectivity index (χ1v) is 7.19. The van der Waals surface area contributed by atoms with E-state index in [4.69, 9.17) is 14.6 Å². The Morgan fingerprint density at radius 1 is 1.21 bits per heavy atom. The van der Waals surface area contributed by atoms with Crippen molar-refractivity contribution in [3.05, 3.63) is 0 Å². The second-order valence-corrected chi connectivity index (χ2v) is 6.79. The Morgan fingerprint density at radius 2 is 1.86 bits per heavy atom. The van der Waals surface area contributed by atoms with Crippen molar-refractivity contribution in [2.24, 2.45) is 11.1 Å². The summed E-state index contributed by atoms with van der Waals surface area (Å²) < 4.78 is 11.4. The maximum absolute atomic E-state index is 5.81. The maximum Gasteiger partial charge on any atom is 0.321 e. The molecule has 2 N–H and O–H groups in total. The second-order valence-electron chi connectivity index (χ2n) is 4.69. The summed E-state index contributed by atoms with van der Waals surface area (Å²) in [5.41, 5.74) is 5.69. The van der Waals surface area contributed by atoms with Gasteiger partial charge in [0.25, 0.3) is 0 Å². The minimum Gasteiger partial charge on any atom is -0.397 e. The minimum absolute atomic E-state index is 0.227. The van der Waals surface area contributed by atoms with E-state index in [1.807, 2.05) is 6.92 Å². The van der Waals surface area contributed by atoms with E-state index in [0.717, 1.165) is 32.2 Å². The average molecular weight is 219 g/mol. The van der Waals surface area contributed by atoms with Gasteiger partial charge in [-0.15, -0.1) is 0 Å². The summed E-state index contributed by atoms with van der Waals surface area (Å²) in [6.07, 6.45) is 1.01. The molecule has 14 heavy (non-hydrogen) atoms. The van der Waals surface area contributed by atoms with Gasteiger partial charge in [0.2, 0.25) is 0 Å². The van der Waals surface area contributed by atoms with Crippen molar-refractivity contribution in [1.29, 1.82) is 0 Å². The van der Waals surface area contributed by atoms with Gasteiger partial charge in [-0.3, -0.25) is 0 Å². The van der Waals surface area contributed by atoms with Gasteiger partial charge in [-0.1, -0.05) is 20.8 Å². The van der Waals surface area contributed by atoms with E-state index < -0.39 is 9.28 Å². The first kappa shape index (κ1) is 14.1. The molecule has 0 rings (SSSR count). The van der Waals surface area contributed by atoms with E-state index in [1.165, 1.54) is 0 Å². The van der Waals surface area contributed by atoms with E-state index in [9.17, 15) is 0 Å². The molecule has 0 radical (unpaired) electrons. The predicted octanol–water partition coefficient (Wildman–Crippen LogP) is 1.65. The normalized spacial score (nSPS) is 14.4. The van der Waals surface area contributed by atoms with Crippen molar-refractivity contribution < 1.29 is 8.85 Å². The zero-order chi connectivity index (χ0) is 11.0. The van der Waals surface area contributed by atoms with Crippen LogP contribution in [0.5, 0.6) is 0 Å². The third-order valence-electron chi connectivity index (χ3n) is 1.70. The Hall–Kier alpha value is 0.0969. The van der Waals surface area contributed by atoms with Crippen molar-refractivity contribution in [2.45, 2.75) is 40.2 Å². The van der Waals surface area contributed by atoms with Gasteiger partial charge in [0, 0.05) is 13.2 Å². The quantitative estimate of drug-likeness (QED) is 0.662. The molecule has 3 nitrogen and oxygen atoms in total. The molecule has 0 aliphatic carbocycles. The van der Waals surface area contributed by atoms with Crippen LogP contribution in [0, 0.1) is 5.41 Å². The van der Waals surface area contributed by atoms with Gasteiger partial charge >= 0.3 is 9.28 Å². The highest BCUT2D eigenvalue weighted by molar-refractivity contribution is 6.44. The van der Waals surface area contributed by atoms with Gasteiger partial charge in [0.15, 0.2) is 0 Å². The number of hydrogen-bond acceptors (Lipinski definition) is 3. The molecule has 0 fully saturated rings. The lowest BCUT2D eigenvalue weighted by molar-refractivity contribution is 0.144. The first-order chi connectivity index (χ1) is 6.49. The fraction of sp³-hybridized carbons (Fsp3) is 1.00. The van der Waals surface area contributed by atoms with E-state index >= 15 is 0 Å². The van der Waals surface area contributed by atoms with Crippen molar-refractivity contribution in [1.82, 2.24) is 0 Å². The molecule has 86 valence electrons. The summed E-state index contributed by atoms with van der Waals surface area (Å²) in [6, 6.07) is 1.03. The fourth-order valence-corrected chi connectivity index (χ4v) is 3.08. The lowest BCUT2D eigenvalue weighted by atomic mass is 9.99. The summed E-state index contributed by atoms with van der Waals surface area (Å²) in [7, 11) is -1.43. The summed E-state index contributed by atoms with van der Waals surface area (Å²) in [6.45, 7) is 10.8.